The largest absolute Gasteiger partial charge is 0.351 e. The van der Waals surface area contributed by atoms with Crippen LogP contribution in [-0.2, 0) is 16.1 Å². The second-order valence-corrected chi connectivity index (χ2v) is 9.56. The molecular weight excluding hydrogens is 465 g/mol. The highest BCUT2D eigenvalue weighted by molar-refractivity contribution is 7.12. The van der Waals surface area contributed by atoms with Crippen molar-refractivity contribution in [1.29, 1.82) is 0 Å². The molecule has 0 saturated heterocycles. The van der Waals surface area contributed by atoms with E-state index in [-0.39, 0.29) is 36.8 Å². The highest BCUT2D eigenvalue weighted by atomic mass is 32.1. The SMILES string of the molecule is O=C(NCC(=O)N(Cc1ccc(F)cc1)[C@@H](C(=O)NC1CCCC1)c1ccccc1)c1cccs1. The molecule has 2 aromatic carbocycles. The lowest BCUT2D eigenvalue weighted by atomic mass is 10.0. The van der Waals surface area contributed by atoms with Gasteiger partial charge in [0.25, 0.3) is 5.91 Å². The van der Waals surface area contributed by atoms with Crippen molar-refractivity contribution < 1.29 is 18.8 Å². The standard InChI is InChI=1S/C27H28FN3O3S/c28-21-14-12-19(13-15-21)18-31(24(32)17-29-26(33)23-11-6-16-35-23)25(20-7-2-1-3-8-20)27(34)30-22-9-4-5-10-22/h1-3,6-8,11-16,22,25H,4-5,9-10,17-18H2,(H,29,33)(H,30,34)/t25-/m1/s1. The maximum absolute atomic E-state index is 13.6. The molecule has 0 bridgehead atoms. The lowest BCUT2D eigenvalue weighted by Gasteiger charge is -2.32. The van der Waals surface area contributed by atoms with Crippen LogP contribution in [0.15, 0.2) is 72.1 Å². The van der Waals surface area contributed by atoms with Crippen LogP contribution >= 0.6 is 11.3 Å². The lowest BCUT2D eigenvalue weighted by Crippen LogP contribution is -2.48. The number of carbonyl (C=O) groups excluding carboxylic acids is 3. The van der Waals surface area contributed by atoms with Crippen molar-refractivity contribution in [3.63, 3.8) is 0 Å². The summed E-state index contributed by atoms with van der Waals surface area (Å²) in [6.07, 6.45) is 3.95. The third kappa shape index (κ3) is 6.54. The van der Waals surface area contributed by atoms with E-state index in [0.29, 0.717) is 16.0 Å². The van der Waals surface area contributed by atoms with Crippen molar-refractivity contribution >= 4 is 29.1 Å². The van der Waals surface area contributed by atoms with E-state index in [1.165, 1.54) is 28.4 Å². The zero-order chi connectivity index (χ0) is 24.6. The van der Waals surface area contributed by atoms with Gasteiger partial charge in [-0.25, -0.2) is 4.39 Å². The first-order valence-corrected chi connectivity index (χ1v) is 12.6. The number of hydrogen-bond acceptors (Lipinski definition) is 4. The minimum atomic E-state index is -0.895. The van der Waals surface area contributed by atoms with E-state index in [4.69, 9.17) is 0 Å². The van der Waals surface area contributed by atoms with E-state index in [1.807, 2.05) is 30.3 Å². The first kappa shape index (κ1) is 24.6. The summed E-state index contributed by atoms with van der Waals surface area (Å²) in [5.41, 5.74) is 1.35. The van der Waals surface area contributed by atoms with Gasteiger partial charge in [0.2, 0.25) is 11.8 Å². The van der Waals surface area contributed by atoms with Crippen LogP contribution in [-0.4, -0.2) is 35.2 Å². The van der Waals surface area contributed by atoms with Gasteiger partial charge in [-0.2, -0.15) is 0 Å². The highest BCUT2D eigenvalue weighted by Crippen LogP contribution is 2.26. The molecule has 1 fully saturated rings. The normalized spacial score (nSPS) is 14.3. The fourth-order valence-electron chi connectivity index (χ4n) is 4.32. The van der Waals surface area contributed by atoms with Crippen LogP contribution in [0, 0.1) is 5.82 Å². The van der Waals surface area contributed by atoms with Crippen molar-refractivity contribution in [2.24, 2.45) is 0 Å². The fraction of sp³-hybridized carbons (Fsp3) is 0.296. The Kier molecular flexibility index (Phi) is 8.26. The summed E-state index contributed by atoms with van der Waals surface area (Å²) in [5, 5.41) is 7.57. The molecule has 6 nitrogen and oxygen atoms in total. The van der Waals surface area contributed by atoms with Crippen molar-refractivity contribution in [2.75, 3.05) is 6.54 Å². The summed E-state index contributed by atoms with van der Waals surface area (Å²) in [5.74, 6) is -1.40. The Balaban J connectivity index is 1.61. The van der Waals surface area contributed by atoms with Crippen molar-refractivity contribution in [1.82, 2.24) is 15.5 Å². The Morgan fingerprint density at radius 1 is 0.971 bits per heavy atom. The van der Waals surface area contributed by atoms with Crippen LogP contribution in [0.2, 0.25) is 0 Å². The molecule has 3 aromatic rings. The zero-order valence-electron chi connectivity index (χ0n) is 19.3. The molecule has 1 atom stereocenters. The number of thiophene rings is 1. The van der Waals surface area contributed by atoms with Crippen molar-refractivity contribution in [2.45, 2.75) is 44.3 Å². The van der Waals surface area contributed by atoms with E-state index in [0.717, 1.165) is 25.7 Å². The van der Waals surface area contributed by atoms with Crippen LogP contribution in [0.3, 0.4) is 0 Å². The lowest BCUT2D eigenvalue weighted by molar-refractivity contribution is -0.141. The summed E-state index contributed by atoms with van der Waals surface area (Å²) in [7, 11) is 0. The quantitative estimate of drug-likeness (QED) is 0.462. The summed E-state index contributed by atoms with van der Waals surface area (Å²) in [4.78, 5) is 41.5. The van der Waals surface area contributed by atoms with E-state index >= 15 is 0 Å². The third-order valence-electron chi connectivity index (χ3n) is 6.11. The number of halogens is 1. The highest BCUT2D eigenvalue weighted by Gasteiger charge is 2.33. The van der Waals surface area contributed by atoms with Gasteiger partial charge >= 0.3 is 0 Å². The first-order chi connectivity index (χ1) is 17.0. The number of amides is 3. The van der Waals surface area contributed by atoms with Gasteiger partial charge < -0.3 is 15.5 Å². The fourth-order valence-corrected chi connectivity index (χ4v) is 4.96. The summed E-state index contributed by atoms with van der Waals surface area (Å²) >= 11 is 1.28. The molecule has 0 radical (unpaired) electrons. The second-order valence-electron chi connectivity index (χ2n) is 8.61. The molecule has 2 N–H and O–H groups in total. The molecule has 4 rings (SSSR count). The molecule has 8 heteroatoms. The van der Waals surface area contributed by atoms with Gasteiger partial charge in [0, 0.05) is 12.6 Å². The summed E-state index contributed by atoms with van der Waals surface area (Å²) < 4.78 is 13.5. The Hall–Kier alpha value is -3.52. The minimum absolute atomic E-state index is 0.0787. The molecule has 1 saturated carbocycles. The smallest absolute Gasteiger partial charge is 0.261 e. The number of benzene rings is 2. The Bertz CT molecular complexity index is 1130. The van der Waals surface area contributed by atoms with Crippen LogP contribution in [0.4, 0.5) is 4.39 Å². The number of carbonyl (C=O) groups is 3. The predicted molar refractivity (Wildman–Crippen MR) is 133 cm³/mol. The van der Waals surface area contributed by atoms with Gasteiger partial charge in [0.1, 0.15) is 11.9 Å². The van der Waals surface area contributed by atoms with Gasteiger partial charge in [-0.05, 0) is 47.5 Å². The third-order valence-corrected chi connectivity index (χ3v) is 6.98. The maximum atomic E-state index is 13.6. The average Bonchev–Trinajstić information content (AvgIpc) is 3.59. The molecular formula is C27H28FN3O3S. The molecule has 182 valence electrons. The van der Waals surface area contributed by atoms with Crippen LogP contribution < -0.4 is 10.6 Å². The zero-order valence-corrected chi connectivity index (χ0v) is 20.1. The van der Waals surface area contributed by atoms with Crippen molar-refractivity contribution in [3.8, 4) is 0 Å². The molecule has 0 aliphatic heterocycles. The number of hydrogen-bond donors (Lipinski definition) is 2. The summed E-state index contributed by atoms with van der Waals surface area (Å²) in [6.45, 7) is -0.177. The van der Waals surface area contributed by atoms with E-state index < -0.39 is 11.9 Å². The minimum Gasteiger partial charge on any atom is -0.351 e. The molecule has 3 amide bonds. The van der Waals surface area contributed by atoms with Gasteiger partial charge in [0.15, 0.2) is 0 Å². The summed E-state index contributed by atoms with van der Waals surface area (Å²) in [6, 6.07) is 17.6. The van der Waals surface area contributed by atoms with Gasteiger partial charge in [-0.1, -0.05) is 61.4 Å². The van der Waals surface area contributed by atoms with Gasteiger partial charge in [-0.3, -0.25) is 14.4 Å². The predicted octanol–water partition coefficient (Wildman–Crippen LogP) is 4.45. The molecule has 0 spiro atoms. The molecule has 0 unspecified atom stereocenters. The van der Waals surface area contributed by atoms with Crippen LogP contribution in [0.5, 0.6) is 0 Å². The average molecular weight is 494 g/mol. The monoisotopic (exact) mass is 493 g/mol. The van der Waals surface area contributed by atoms with E-state index in [1.54, 1.807) is 29.6 Å². The van der Waals surface area contributed by atoms with Crippen LogP contribution in [0.25, 0.3) is 0 Å². The topological polar surface area (TPSA) is 78.5 Å². The Labute approximate surface area is 208 Å². The molecule has 1 aromatic heterocycles. The molecule has 1 aliphatic carbocycles. The molecule has 1 heterocycles. The second kappa shape index (κ2) is 11.8. The number of rotatable bonds is 9. The van der Waals surface area contributed by atoms with Crippen molar-refractivity contribution in [3.05, 3.63) is 93.9 Å². The Morgan fingerprint density at radius 2 is 1.69 bits per heavy atom. The van der Waals surface area contributed by atoms with Gasteiger partial charge in [0.05, 0.1) is 11.4 Å². The van der Waals surface area contributed by atoms with E-state index in [2.05, 4.69) is 10.6 Å². The van der Waals surface area contributed by atoms with Crippen LogP contribution in [0.1, 0.15) is 52.5 Å². The molecule has 1 aliphatic rings. The maximum Gasteiger partial charge on any atom is 0.261 e. The van der Waals surface area contributed by atoms with Gasteiger partial charge in [-0.15, -0.1) is 11.3 Å². The number of nitrogens with zero attached hydrogens (tertiary/aromatic N) is 1. The Morgan fingerprint density at radius 3 is 2.34 bits per heavy atom. The van der Waals surface area contributed by atoms with E-state index in [9.17, 15) is 18.8 Å². The first-order valence-electron chi connectivity index (χ1n) is 11.7. The molecule has 35 heavy (non-hydrogen) atoms. The number of nitrogens with one attached hydrogen (secondary N) is 2.